The molecule has 3 aliphatic rings. The van der Waals surface area contributed by atoms with Crippen molar-refractivity contribution in [2.24, 2.45) is 0 Å². The molecule has 26 heavy (non-hydrogen) atoms. The van der Waals surface area contributed by atoms with Crippen LogP contribution in [-0.2, 0) is 4.79 Å². The highest BCUT2D eigenvalue weighted by molar-refractivity contribution is 5.76. The average molecular weight is 358 g/mol. The minimum Gasteiger partial charge on any atom is -0.352 e. The normalized spacial score (nSPS) is 25.6. The van der Waals surface area contributed by atoms with Gasteiger partial charge in [-0.05, 0) is 45.4 Å². The number of nitrogens with zero attached hydrogens (tertiary/aromatic N) is 4. The average Bonchev–Trinajstić information content (AvgIpc) is 3.46. The second-order valence-electron chi connectivity index (χ2n) is 8.20. The van der Waals surface area contributed by atoms with Gasteiger partial charge < -0.3 is 15.1 Å². The summed E-state index contributed by atoms with van der Waals surface area (Å²) in [5.74, 6) is 1.34. The van der Waals surface area contributed by atoms with Gasteiger partial charge >= 0.3 is 0 Å². The summed E-state index contributed by atoms with van der Waals surface area (Å²) < 4.78 is 0. The Balaban J connectivity index is 1.34. The number of carbonyl (C=O) groups is 1. The number of likely N-dealkylation sites (tertiary alicyclic amines) is 1. The van der Waals surface area contributed by atoms with E-state index in [9.17, 15) is 4.79 Å². The summed E-state index contributed by atoms with van der Waals surface area (Å²) in [6, 6.07) is 3.72. The summed E-state index contributed by atoms with van der Waals surface area (Å²) in [6.45, 7) is 5.28. The van der Waals surface area contributed by atoms with Crippen molar-refractivity contribution < 1.29 is 4.79 Å². The number of aromatic nitrogens is 2. The minimum atomic E-state index is 0.237. The molecule has 0 spiro atoms. The lowest BCUT2D eigenvalue weighted by atomic mass is 10.0. The Hall–Kier alpha value is -1.69. The van der Waals surface area contributed by atoms with Gasteiger partial charge in [0.15, 0.2) is 0 Å². The quantitative estimate of drug-likeness (QED) is 0.876. The van der Waals surface area contributed by atoms with Gasteiger partial charge in [-0.1, -0.05) is 6.42 Å². The molecule has 142 valence electrons. The van der Waals surface area contributed by atoms with Crippen molar-refractivity contribution in [1.29, 1.82) is 0 Å². The fourth-order valence-electron chi connectivity index (χ4n) is 4.48. The first kappa shape index (κ1) is 17.7. The molecule has 1 unspecified atom stereocenters. The Morgan fingerprint density at radius 1 is 1.12 bits per heavy atom. The Kier molecular flexibility index (Phi) is 5.38. The van der Waals surface area contributed by atoms with E-state index in [-0.39, 0.29) is 5.91 Å². The Morgan fingerprint density at radius 2 is 1.88 bits per heavy atom. The minimum absolute atomic E-state index is 0.237. The number of carbonyl (C=O) groups excluding carboxylic acids is 1. The van der Waals surface area contributed by atoms with Gasteiger partial charge in [0.2, 0.25) is 5.91 Å². The van der Waals surface area contributed by atoms with Crippen LogP contribution < -0.4 is 10.2 Å². The molecule has 1 aliphatic carbocycles. The zero-order valence-corrected chi connectivity index (χ0v) is 15.9. The van der Waals surface area contributed by atoms with Gasteiger partial charge in [0.05, 0.1) is 0 Å². The molecule has 0 bridgehead atoms. The molecule has 2 aliphatic heterocycles. The van der Waals surface area contributed by atoms with Crippen LogP contribution in [-0.4, -0.2) is 58.5 Å². The molecule has 1 saturated carbocycles. The van der Waals surface area contributed by atoms with Crippen molar-refractivity contribution in [3.05, 3.63) is 18.1 Å². The van der Waals surface area contributed by atoms with E-state index in [4.69, 9.17) is 0 Å². The SMILES string of the molecule is Cc1cc(N(C2CC2)C2CCN(CC3CCCCC(=O)N3)CC2)ncn1. The van der Waals surface area contributed by atoms with E-state index in [2.05, 4.69) is 31.2 Å². The molecule has 6 nitrogen and oxygen atoms in total. The van der Waals surface area contributed by atoms with Gasteiger partial charge in [0.1, 0.15) is 12.1 Å². The first-order valence-corrected chi connectivity index (χ1v) is 10.3. The fraction of sp³-hybridized carbons (Fsp3) is 0.750. The molecule has 6 heteroatoms. The van der Waals surface area contributed by atoms with Gasteiger partial charge in [0.25, 0.3) is 0 Å². The highest BCUT2D eigenvalue weighted by Gasteiger charge is 2.36. The maximum absolute atomic E-state index is 11.8. The molecular weight excluding hydrogens is 326 g/mol. The van der Waals surface area contributed by atoms with Crippen LogP contribution in [0.3, 0.4) is 0 Å². The number of anilines is 1. The molecule has 1 aromatic heterocycles. The summed E-state index contributed by atoms with van der Waals surface area (Å²) >= 11 is 0. The Labute approximate surface area is 156 Å². The Bertz CT molecular complexity index is 624. The summed E-state index contributed by atoms with van der Waals surface area (Å²) in [5.41, 5.74) is 1.04. The standard InChI is InChI=1S/C20H31N5O/c1-15-12-19(22-14-21-15)25(17-6-7-17)18-8-10-24(11-9-18)13-16-4-2-3-5-20(26)23-16/h12,14,16-18H,2-11,13H2,1H3,(H,23,26). The van der Waals surface area contributed by atoms with Crippen LogP contribution in [0.25, 0.3) is 0 Å². The highest BCUT2D eigenvalue weighted by Crippen LogP contribution is 2.35. The molecule has 2 saturated heterocycles. The van der Waals surface area contributed by atoms with Crippen molar-refractivity contribution in [1.82, 2.24) is 20.2 Å². The number of hydrogen-bond donors (Lipinski definition) is 1. The van der Waals surface area contributed by atoms with Crippen LogP contribution in [0, 0.1) is 6.92 Å². The topological polar surface area (TPSA) is 61.4 Å². The second kappa shape index (κ2) is 7.91. The predicted molar refractivity (Wildman–Crippen MR) is 102 cm³/mol. The first-order chi connectivity index (χ1) is 12.7. The van der Waals surface area contributed by atoms with Crippen molar-refractivity contribution >= 4 is 11.7 Å². The van der Waals surface area contributed by atoms with Crippen LogP contribution in [0.1, 0.15) is 57.1 Å². The Morgan fingerprint density at radius 3 is 2.62 bits per heavy atom. The van der Waals surface area contributed by atoms with Crippen LogP contribution in [0.5, 0.6) is 0 Å². The van der Waals surface area contributed by atoms with Crippen molar-refractivity contribution in [2.75, 3.05) is 24.5 Å². The molecule has 3 fully saturated rings. The zero-order valence-electron chi connectivity index (χ0n) is 15.9. The van der Waals surface area contributed by atoms with E-state index in [0.29, 0.717) is 24.5 Å². The number of nitrogens with one attached hydrogen (secondary N) is 1. The summed E-state index contributed by atoms with van der Waals surface area (Å²) in [5, 5.41) is 3.21. The predicted octanol–water partition coefficient (Wildman–Crippen LogP) is 2.28. The molecule has 1 amide bonds. The van der Waals surface area contributed by atoms with Crippen LogP contribution >= 0.6 is 0 Å². The van der Waals surface area contributed by atoms with Gasteiger partial charge in [-0.2, -0.15) is 0 Å². The van der Waals surface area contributed by atoms with Crippen molar-refractivity contribution in [3.63, 3.8) is 0 Å². The molecule has 0 aromatic carbocycles. The molecule has 4 rings (SSSR count). The maximum Gasteiger partial charge on any atom is 0.220 e. The second-order valence-corrected chi connectivity index (χ2v) is 8.20. The first-order valence-electron chi connectivity index (χ1n) is 10.3. The molecule has 1 N–H and O–H groups in total. The molecule has 3 heterocycles. The maximum atomic E-state index is 11.8. The third-order valence-electron chi connectivity index (χ3n) is 5.99. The largest absolute Gasteiger partial charge is 0.352 e. The smallest absolute Gasteiger partial charge is 0.220 e. The van der Waals surface area contributed by atoms with Crippen LogP contribution in [0.15, 0.2) is 12.4 Å². The molecule has 1 aromatic rings. The van der Waals surface area contributed by atoms with Gasteiger partial charge in [-0.25, -0.2) is 9.97 Å². The number of piperidine rings is 1. The van der Waals surface area contributed by atoms with Gasteiger partial charge in [0, 0.05) is 55.9 Å². The summed E-state index contributed by atoms with van der Waals surface area (Å²) in [6.07, 6.45) is 10.7. The van der Waals surface area contributed by atoms with Crippen LogP contribution in [0.4, 0.5) is 5.82 Å². The number of rotatable bonds is 5. The summed E-state index contributed by atoms with van der Waals surface area (Å²) in [4.78, 5) is 25.7. The third kappa shape index (κ3) is 4.34. The third-order valence-corrected chi connectivity index (χ3v) is 5.99. The number of amides is 1. The monoisotopic (exact) mass is 357 g/mol. The lowest BCUT2D eigenvalue weighted by Gasteiger charge is -2.40. The highest BCUT2D eigenvalue weighted by atomic mass is 16.1. The van der Waals surface area contributed by atoms with Gasteiger partial charge in [-0.3, -0.25) is 4.79 Å². The zero-order chi connectivity index (χ0) is 17.9. The van der Waals surface area contributed by atoms with E-state index in [1.54, 1.807) is 6.33 Å². The van der Waals surface area contributed by atoms with E-state index in [0.717, 1.165) is 44.0 Å². The van der Waals surface area contributed by atoms with Crippen LogP contribution in [0.2, 0.25) is 0 Å². The van der Waals surface area contributed by atoms with E-state index in [1.165, 1.54) is 32.1 Å². The number of hydrogen-bond acceptors (Lipinski definition) is 5. The molecule has 0 radical (unpaired) electrons. The van der Waals surface area contributed by atoms with E-state index >= 15 is 0 Å². The van der Waals surface area contributed by atoms with E-state index < -0.39 is 0 Å². The summed E-state index contributed by atoms with van der Waals surface area (Å²) in [7, 11) is 0. The van der Waals surface area contributed by atoms with Crippen molar-refractivity contribution in [3.8, 4) is 0 Å². The van der Waals surface area contributed by atoms with Gasteiger partial charge in [-0.15, -0.1) is 0 Å². The lowest BCUT2D eigenvalue weighted by Crippen LogP contribution is -2.50. The fourth-order valence-corrected chi connectivity index (χ4v) is 4.48. The molecular formula is C20H31N5O. The molecule has 1 atom stereocenters. The van der Waals surface area contributed by atoms with Crippen molar-refractivity contribution in [2.45, 2.75) is 76.4 Å². The van der Waals surface area contributed by atoms with E-state index in [1.807, 2.05) is 6.92 Å². The number of aryl methyl sites for hydroxylation is 1. The lowest BCUT2D eigenvalue weighted by molar-refractivity contribution is -0.121.